The molecular formula is C27H29Cl2N5OS. The number of pyridine rings is 2. The van der Waals surface area contributed by atoms with Crippen LogP contribution in [-0.4, -0.2) is 38.1 Å². The number of aromatic nitrogens is 2. The summed E-state index contributed by atoms with van der Waals surface area (Å²) >= 11 is 13.8. The van der Waals surface area contributed by atoms with Crippen molar-refractivity contribution in [3.05, 3.63) is 93.0 Å². The second kappa shape index (κ2) is 12.7. The van der Waals surface area contributed by atoms with Crippen molar-refractivity contribution in [2.45, 2.75) is 45.3 Å². The van der Waals surface area contributed by atoms with E-state index in [0.717, 1.165) is 41.8 Å². The number of thioether (sulfide) groups is 1. The average Bonchev–Trinajstić information content (AvgIpc) is 2.87. The number of hydrogen-bond acceptors (Lipinski definition) is 6. The highest BCUT2D eigenvalue weighted by atomic mass is 35.5. The summed E-state index contributed by atoms with van der Waals surface area (Å²) in [5, 5.41) is 12.5. The first-order chi connectivity index (χ1) is 17.5. The SMILES string of the molecule is CCSC(=N)CN(Cc1cccc(CNC(=O)c2c(Cl)cncc2Cl)c1)C1CCCc2cccnc21. The fourth-order valence-electron chi connectivity index (χ4n) is 4.59. The van der Waals surface area contributed by atoms with Crippen LogP contribution in [0.4, 0.5) is 0 Å². The first kappa shape index (κ1) is 26.6. The lowest BCUT2D eigenvalue weighted by Gasteiger charge is -2.35. The molecule has 1 aliphatic carbocycles. The van der Waals surface area contributed by atoms with E-state index in [4.69, 9.17) is 33.6 Å². The van der Waals surface area contributed by atoms with Crippen LogP contribution in [0.1, 0.15) is 58.5 Å². The predicted octanol–water partition coefficient (Wildman–Crippen LogP) is 6.32. The van der Waals surface area contributed by atoms with Crippen LogP contribution in [0.25, 0.3) is 0 Å². The molecule has 4 rings (SSSR count). The molecule has 0 saturated heterocycles. The van der Waals surface area contributed by atoms with Gasteiger partial charge in [-0.25, -0.2) is 0 Å². The van der Waals surface area contributed by atoms with E-state index in [1.54, 1.807) is 11.8 Å². The van der Waals surface area contributed by atoms with Crippen molar-refractivity contribution in [2.24, 2.45) is 0 Å². The Kier molecular flexibility index (Phi) is 9.37. The number of carbonyl (C=O) groups is 1. The Morgan fingerprint density at radius 3 is 2.75 bits per heavy atom. The lowest BCUT2D eigenvalue weighted by atomic mass is 9.90. The molecular weight excluding hydrogens is 513 g/mol. The van der Waals surface area contributed by atoms with Gasteiger partial charge in [0, 0.05) is 38.2 Å². The maximum Gasteiger partial charge on any atom is 0.254 e. The smallest absolute Gasteiger partial charge is 0.254 e. The van der Waals surface area contributed by atoms with E-state index in [2.05, 4.69) is 40.3 Å². The van der Waals surface area contributed by atoms with Crippen molar-refractivity contribution < 1.29 is 4.79 Å². The van der Waals surface area contributed by atoms with Gasteiger partial charge in [-0.05, 0) is 47.8 Å². The number of carbonyl (C=O) groups excluding carboxylic acids is 1. The number of benzene rings is 1. The van der Waals surface area contributed by atoms with Gasteiger partial charge in [0.1, 0.15) is 0 Å². The van der Waals surface area contributed by atoms with Crippen molar-refractivity contribution in [3.8, 4) is 0 Å². The highest BCUT2D eigenvalue weighted by molar-refractivity contribution is 8.13. The van der Waals surface area contributed by atoms with Crippen LogP contribution in [-0.2, 0) is 19.5 Å². The maximum absolute atomic E-state index is 12.7. The summed E-state index contributed by atoms with van der Waals surface area (Å²) in [6.45, 7) is 3.69. The minimum atomic E-state index is -0.339. The van der Waals surface area contributed by atoms with E-state index in [1.807, 2.05) is 24.4 Å². The fraction of sp³-hybridized carbons (Fsp3) is 0.333. The molecule has 2 heterocycles. The van der Waals surface area contributed by atoms with Crippen LogP contribution >= 0.6 is 35.0 Å². The van der Waals surface area contributed by atoms with E-state index in [1.165, 1.54) is 18.0 Å². The number of hydrogen-bond donors (Lipinski definition) is 2. The molecule has 0 fully saturated rings. The highest BCUT2D eigenvalue weighted by Gasteiger charge is 2.28. The predicted molar refractivity (Wildman–Crippen MR) is 148 cm³/mol. The summed E-state index contributed by atoms with van der Waals surface area (Å²) < 4.78 is 0. The Bertz CT molecular complexity index is 1220. The van der Waals surface area contributed by atoms with Crippen LogP contribution in [0.15, 0.2) is 55.0 Å². The standard InChI is InChI=1S/C27H29Cl2N5OS/c1-2-36-24(30)17-34(23-10-4-8-20-9-5-11-32-26(20)23)16-19-7-3-6-18(12-19)13-33-27(35)25-21(28)14-31-15-22(25)29/h3,5-7,9,11-12,14-15,23,30H,2,4,8,10,13,16-17H2,1H3,(H,33,35). The number of halogens is 2. The summed E-state index contributed by atoms with van der Waals surface area (Å²) in [6, 6.07) is 12.5. The zero-order valence-corrected chi connectivity index (χ0v) is 22.5. The molecule has 0 saturated carbocycles. The van der Waals surface area contributed by atoms with Crippen molar-refractivity contribution in [1.29, 1.82) is 5.41 Å². The molecule has 0 bridgehead atoms. The molecule has 2 aromatic heterocycles. The second-order valence-corrected chi connectivity index (χ2v) is 10.9. The molecule has 1 atom stereocenters. The van der Waals surface area contributed by atoms with Gasteiger partial charge >= 0.3 is 0 Å². The molecule has 2 N–H and O–H groups in total. The minimum Gasteiger partial charge on any atom is -0.348 e. The van der Waals surface area contributed by atoms with Gasteiger partial charge in [-0.15, -0.1) is 11.8 Å². The van der Waals surface area contributed by atoms with Gasteiger partial charge in [-0.3, -0.25) is 25.1 Å². The molecule has 9 heteroatoms. The largest absolute Gasteiger partial charge is 0.348 e. The molecule has 3 aromatic rings. The third kappa shape index (κ3) is 6.65. The van der Waals surface area contributed by atoms with Crippen molar-refractivity contribution in [1.82, 2.24) is 20.2 Å². The molecule has 1 unspecified atom stereocenters. The van der Waals surface area contributed by atoms with Crippen LogP contribution in [0.3, 0.4) is 0 Å². The normalized spacial score (nSPS) is 14.9. The van der Waals surface area contributed by atoms with Crippen LogP contribution in [0.5, 0.6) is 0 Å². The molecule has 1 amide bonds. The number of nitrogens with one attached hydrogen (secondary N) is 2. The molecule has 1 aromatic carbocycles. The van der Waals surface area contributed by atoms with Crippen molar-refractivity contribution in [3.63, 3.8) is 0 Å². The van der Waals surface area contributed by atoms with Gasteiger partial charge < -0.3 is 5.32 Å². The van der Waals surface area contributed by atoms with Crippen LogP contribution in [0.2, 0.25) is 10.0 Å². The molecule has 0 aliphatic heterocycles. The van der Waals surface area contributed by atoms with E-state index >= 15 is 0 Å². The van der Waals surface area contributed by atoms with Gasteiger partial charge in [0.15, 0.2) is 0 Å². The maximum atomic E-state index is 12.7. The van der Waals surface area contributed by atoms with Crippen molar-refractivity contribution in [2.75, 3.05) is 12.3 Å². The van der Waals surface area contributed by atoms with E-state index in [9.17, 15) is 4.79 Å². The topological polar surface area (TPSA) is 82.0 Å². The molecule has 1 aliphatic rings. The molecule has 36 heavy (non-hydrogen) atoms. The van der Waals surface area contributed by atoms with Crippen LogP contribution < -0.4 is 5.32 Å². The third-order valence-electron chi connectivity index (χ3n) is 6.18. The highest BCUT2D eigenvalue weighted by Crippen LogP contribution is 2.34. The Labute approximate surface area is 226 Å². The summed E-state index contributed by atoms with van der Waals surface area (Å²) in [5.74, 6) is 0.543. The zero-order valence-electron chi connectivity index (χ0n) is 20.1. The quantitative estimate of drug-likeness (QED) is 0.244. The number of aryl methyl sites for hydroxylation is 1. The van der Waals surface area contributed by atoms with Gasteiger partial charge in [0.25, 0.3) is 5.91 Å². The van der Waals surface area contributed by atoms with E-state index in [0.29, 0.717) is 24.7 Å². The molecule has 0 radical (unpaired) electrons. The Morgan fingerprint density at radius 1 is 1.19 bits per heavy atom. The van der Waals surface area contributed by atoms with Gasteiger partial charge in [0.05, 0.1) is 32.4 Å². The molecule has 188 valence electrons. The minimum absolute atomic E-state index is 0.173. The fourth-order valence-corrected chi connectivity index (χ4v) is 5.73. The lowest BCUT2D eigenvalue weighted by molar-refractivity contribution is 0.0951. The summed E-state index contributed by atoms with van der Waals surface area (Å²) in [7, 11) is 0. The average molecular weight is 543 g/mol. The van der Waals surface area contributed by atoms with E-state index < -0.39 is 0 Å². The summed E-state index contributed by atoms with van der Waals surface area (Å²) in [5.41, 5.74) is 4.76. The van der Waals surface area contributed by atoms with Gasteiger partial charge in [0.2, 0.25) is 0 Å². The number of nitrogens with zero attached hydrogens (tertiary/aromatic N) is 3. The Hall–Kier alpha value is -2.45. The first-order valence-corrected chi connectivity index (χ1v) is 13.7. The number of rotatable bonds is 9. The van der Waals surface area contributed by atoms with E-state index in [-0.39, 0.29) is 27.6 Å². The Balaban J connectivity index is 1.50. The van der Waals surface area contributed by atoms with Crippen molar-refractivity contribution >= 4 is 45.9 Å². The second-order valence-electron chi connectivity index (χ2n) is 8.70. The van der Waals surface area contributed by atoms with Gasteiger partial charge in [-0.1, -0.05) is 60.5 Å². The number of fused-ring (bicyclic) bond motifs is 1. The first-order valence-electron chi connectivity index (χ1n) is 12.0. The molecule has 0 spiro atoms. The third-order valence-corrected chi connectivity index (χ3v) is 7.52. The lowest BCUT2D eigenvalue weighted by Crippen LogP contribution is -2.35. The number of amides is 1. The zero-order chi connectivity index (χ0) is 25.5. The van der Waals surface area contributed by atoms with Gasteiger partial charge in [-0.2, -0.15) is 0 Å². The van der Waals surface area contributed by atoms with Crippen LogP contribution in [0, 0.1) is 5.41 Å². The summed E-state index contributed by atoms with van der Waals surface area (Å²) in [6.07, 6.45) is 7.87. The molecule has 6 nitrogen and oxygen atoms in total. The Morgan fingerprint density at radius 2 is 1.97 bits per heavy atom. The monoisotopic (exact) mass is 541 g/mol. The summed E-state index contributed by atoms with van der Waals surface area (Å²) in [4.78, 5) is 23.7.